The third kappa shape index (κ3) is 6.45. The van der Waals surface area contributed by atoms with Crippen LogP contribution < -0.4 is 20.9 Å². The molecule has 2 aromatic carbocycles. The number of amides is 1. The van der Waals surface area contributed by atoms with Crippen LogP contribution in [0.1, 0.15) is 43.2 Å². The van der Waals surface area contributed by atoms with Gasteiger partial charge in [0.05, 0.1) is 6.10 Å². The molecule has 2 heterocycles. The highest BCUT2D eigenvalue weighted by Gasteiger charge is 2.43. The van der Waals surface area contributed by atoms with Crippen LogP contribution in [-0.4, -0.2) is 55.7 Å². The molecule has 2 saturated heterocycles. The Labute approximate surface area is 214 Å². The van der Waals surface area contributed by atoms with Crippen molar-refractivity contribution in [2.45, 2.75) is 63.4 Å². The lowest BCUT2D eigenvalue weighted by Gasteiger charge is -2.33. The average molecular weight is 493 g/mol. The molecule has 3 fully saturated rings. The number of fused-ring (bicyclic) bond motifs is 1. The molecule has 194 valence electrons. The molecular formula is C29H40N4O3. The van der Waals surface area contributed by atoms with Gasteiger partial charge in [-0.05, 0) is 74.4 Å². The van der Waals surface area contributed by atoms with Crippen LogP contribution in [0.5, 0.6) is 5.75 Å². The molecule has 1 aliphatic carbocycles. The van der Waals surface area contributed by atoms with Gasteiger partial charge in [0, 0.05) is 32.2 Å². The molecule has 5 rings (SSSR count). The van der Waals surface area contributed by atoms with Crippen LogP contribution >= 0.6 is 0 Å². The van der Waals surface area contributed by atoms with E-state index in [9.17, 15) is 4.79 Å². The van der Waals surface area contributed by atoms with Gasteiger partial charge < -0.3 is 14.8 Å². The molecule has 2 aliphatic heterocycles. The summed E-state index contributed by atoms with van der Waals surface area (Å²) in [6, 6.07) is 18.9. The summed E-state index contributed by atoms with van der Waals surface area (Å²) in [4.78, 5) is 15.4. The number of carbonyl (C=O) groups is 1. The molecule has 1 saturated carbocycles. The maximum Gasteiger partial charge on any atom is 0.238 e. The number of hydrogen-bond donors (Lipinski definition) is 3. The summed E-state index contributed by atoms with van der Waals surface area (Å²) in [6.45, 7) is 4.45. The van der Waals surface area contributed by atoms with Crippen molar-refractivity contribution in [2.75, 3.05) is 26.7 Å². The van der Waals surface area contributed by atoms with E-state index in [1.807, 2.05) is 18.2 Å². The Hall–Kier alpha value is -2.45. The van der Waals surface area contributed by atoms with Crippen LogP contribution in [-0.2, 0) is 22.7 Å². The number of hydrogen-bond acceptors (Lipinski definition) is 6. The fraction of sp³-hybridized carbons (Fsp3) is 0.552. The highest BCUT2D eigenvalue weighted by Crippen LogP contribution is 2.32. The van der Waals surface area contributed by atoms with Crippen molar-refractivity contribution in [3.8, 4) is 5.75 Å². The van der Waals surface area contributed by atoms with Crippen molar-refractivity contribution < 1.29 is 14.3 Å². The molecular weight excluding hydrogens is 452 g/mol. The Morgan fingerprint density at radius 1 is 0.972 bits per heavy atom. The number of nitrogens with one attached hydrogen (secondary N) is 3. The van der Waals surface area contributed by atoms with Crippen molar-refractivity contribution in [2.24, 2.45) is 11.8 Å². The van der Waals surface area contributed by atoms with Crippen molar-refractivity contribution in [3.63, 3.8) is 0 Å². The van der Waals surface area contributed by atoms with Crippen molar-refractivity contribution in [3.05, 3.63) is 65.7 Å². The summed E-state index contributed by atoms with van der Waals surface area (Å²) in [5.74, 6) is 1.88. The summed E-state index contributed by atoms with van der Waals surface area (Å²) in [7, 11) is 1.78. The molecule has 3 N–H and O–H groups in total. The second-order valence-corrected chi connectivity index (χ2v) is 10.6. The van der Waals surface area contributed by atoms with E-state index >= 15 is 0 Å². The number of carbonyl (C=O) groups excluding carboxylic acids is 1. The molecule has 2 aromatic rings. The van der Waals surface area contributed by atoms with E-state index in [-0.39, 0.29) is 18.1 Å². The van der Waals surface area contributed by atoms with Crippen LogP contribution in [0.3, 0.4) is 0 Å². The largest absolute Gasteiger partial charge is 0.489 e. The number of hydrazine groups is 1. The molecule has 36 heavy (non-hydrogen) atoms. The SMILES string of the molecule is COC1CCC2NNC(C(=O)NCC3CCN(Cc4ccc(OCc5ccccc5)cc4)CC3)C2C1. The standard InChI is InChI=1S/C29H40N4O3/c1-35-25-11-12-27-26(17-25)28(32-31-27)29(34)30-18-21-13-15-33(16-14-21)19-22-7-9-24(10-8-22)36-20-23-5-3-2-4-6-23/h2-10,21,25-28,31-32H,11-20H2,1H3,(H,30,34). The molecule has 0 bridgehead atoms. The molecule has 3 aliphatic rings. The van der Waals surface area contributed by atoms with Crippen LogP contribution in [0.15, 0.2) is 54.6 Å². The van der Waals surface area contributed by atoms with Crippen LogP contribution in [0.25, 0.3) is 0 Å². The zero-order valence-corrected chi connectivity index (χ0v) is 21.3. The number of rotatable bonds is 9. The first-order valence-electron chi connectivity index (χ1n) is 13.5. The number of likely N-dealkylation sites (tertiary alicyclic amines) is 1. The zero-order valence-electron chi connectivity index (χ0n) is 21.3. The number of methoxy groups -OCH3 is 1. The van der Waals surface area contributed by atoms with Gasteiger partial charge in [-0.25, -0.2) is 5.43 Å². The van der Waals surface area contributed by atoms with E-state index in [0.29, 0.717) is 24.5 Å². The normalized spacial score (nSPS) is 26.9. The highest BCUT2D eigenvalue weighted by atomic mass is 16.5. The minimum Gasteiger partial charge on any atom is -0.489 e. The lowest BCUT2D eigenvalue weighted by Crippen LogP contribution is -2.48. The van der Waals surface area contributed by atoms with Gasteiger partial charge in [0.15, 0.2) is 0 Å². The van der Waals surface area contributed by atoms with Gasteiger partial charge in [-0.1, -0.05) is 42.5 Å². The molecule has 1 amide bonds. The predicted octanol–water partition coefficient (Wildman–Crippen LogP) is 3.25. The predicted molar refractivity (Wildman–Crippen MR) is 140 cm³/mol. The smallest absolute Gasteiger partial charge is 0.238 e. The average Bonchev–Trinajstić information content (AvgIpc) is 3.36. The fourth-order valence-corrected chi connectivity index (χ4v) is 5.88. The summed E-state index contributed by atoms with van der Waals surface area (Å²) >= 11 is 0. The third-order valence-corrected chi connectivity index (χ3v) is 8.17. The Morgan fingerprint density at radius 3 is 2.50 bits per heavy atom. The zero-order chi connectivity index (χ0) is 24.7. The van der Waals surface area contributed by atoms with Crippen LogP contribution in [0.2, 0.25) is 0 Å². The van der Waals surface area contributed by atoms with Gasteiger partial charge in [0.1, 0.15) is 18.4 Å². The maximum atomic E-state index is 12.9. The second-order valence-electron chi connectivity index (χ2n) is 10.6. The summed E-state index contributed by atoms with van der Waals surface area (Å²) < 4.78 is 11.5. The first-order chi connectivity index (χ1) is 17.7. The maximum absolute atomic E-state index is 12.9. The van der Waals surface area contributed by atoms with Crippen LogP contribution in [0.4, 0.5) is 0 Å². The molecule has 7 heteroatoms. The summed E-state index contributed by atoms with van der Waals surface area (Å²) in [5, 5.41) is 3.24. The van der Waals surface area contributed by atoms with Gasteiger partial charge in [-0.15, -0.1) is 0 Å². The van der Waals surface area contributed by atoms with Gasteiger partial charge in [0.2, 0.25) is 5.91 Å². The molecule has 0 aromatic heterocycles. The first-order valence-corrected chi connectivity index (χ1v) is 13.5. The molecule has 7 nitrogen and oxygen atoms in total. The lowest BCUT2D eigenvalue weighted by atomic mass is 9.80. The fourth-order valence-electron chi connectivity index (χ4n) is 5.88. The van der Waals surface area contributed by atoms with Gasteiger partial charge in [0.25, 0.3) is 0 Å². The monoisotopic (exact) mass is 492 g/mol. The van der Waals surface area contributed by atoms with Gasteiger partial charge in [-0.2, -0.15) is 0 Å². The molecule has 0 spiro atoms. The Balaban J connectivity index is 1.01. The van der Waals surface area contributed by atoms with Crippen LogP contribution in [0, 0.1) is 11.8 Å². The minimum absolute atomic E-state index is 0.128. The first kappa shape index (κ1) is 25.2. The van der Waals surface area contributed by atoms with E-state index in [2.05, 4.69) is 57.5 Å². The van der Waals surface area contributed by atoms with E-state index in [0.717, 1.165) is 64.0 Å². The molecule has 0 radical (unpaired) electrons. The Kier molecular flexibility index (Phi) is 8.54. The number of ether oxygens (including phenoxy) is 2. The van der Waals surface area contributed by atoms with Gasteiger partial charge >= 0.3 is 0 Å². The lowest BCUT2D eigenvalue weighted by molar-refractivity contribution is -0.124. The van der Waals surface area contributed by atoms with E-state index in [1.54, 1.807) is 7.11 Å². The summed E-state index contributed by atoms with van der Waals surface area (Å²) in [5.41, 5.74) is 9.07. The van der Waals surface area contributed by atoms with Crippen molar-refractivity contribution in [1.29, 1.82) is 0 Å². The van der Waals surface area contributed by atoms with E-state index in [1.165, 1.54) is 11.1 Å². The van der Waals surface area contributed by atoms with Crippen molar-refractivity contribution >= 4 is 5.91 Å². The number of benzene rings is 2. The molecule has 4 atom stereocenters. The van der Waals surface area contributed by atoms with E-state index < -0.39 is 0 Å². The third-order valence-electron chi connectivity index (χ3n) is 8.17. The van der Waals surface area contributed by atoms with Crippen molar-refractivity contribution in [1.82, 2.24) is 21.1 Å². The topological polar surface area (TPSA) is 74.9 Å². The van der Waals surface area contributed by atoms with E-state index in [4.69, 9.17) is 9.47 Å². The highest BCUT2D eigenvalue weighted by molar-refractivity contribution is 5.82. The Bertz CT molecular complexity index is 962. The molecule has 4 unspecified atom stereocenters. The number of nitrogens with zero attached hydrogens (tertiary/aromatic N) is 1. The summed E-state index contributed by atoms with van der Waals surface area (Å²) in [6.07, 6.45) is 5.57. The number of piperidine rings is 1. The Morgan fingerprint density at radius 2 is 1.75 bits per heavy atom. The van der Waals surface area contributed by atoms with Gasteiger partial charge in [-0.3, -0.25) is 15.1 Å². The second kappa shape index (κ2) is 12.2. The quantitative estimate of drug-likeness (QED) is 0.499. The minimum atomic E-state index is -0.160.